The molecule has 0 amide bonds. The van der Waals surface area contributed by atoms with E-state index in [1.807, 2.05) is 0 Å². The third-order valence-electron chi connectivity index (χ3n) is 2.08. The van der Waals surface area contributed by atoms with Gasteiger partial charge < -0.3 is 9.73 Å². The van der Waals surface area contributed by atoms with Gasteiger partial charge in [-0.1, -0.05) is 15.9 Å². The molecule has 0 atom stereocenters. The number of hydrogen-bond acceptors (Lipinski definition) is 2. The highest BCUT2D eigenvalue weighted by Gasteiger charge is 2.10. The third-order valence-corrected chi connectivity index (χ3v) is 2.74. The van der Waals surface area contributed by atoms with E-state index in [2.05, 4.69) is 21.2 Å². The summed E-state index contributed by atoms with van der Waals surface area (Å²) in [5, 5.41) is 2.85. The van der Waals surface area contributed by atoms with Gasteiger partial charge in [-0.25, -0.2) is 8.78 Å². The van der Waals surface area contributed by atoms with Gasteiger partial charge in [-0.3, -0.25) is 0 Å². The number of anilines is 1. The predicted octanol–water partition coefficient (Wildman–Crippen LogP) is 4.59. The average molecular weight is 323 g/mol. The summed E-state index contributed by atoms with van der Waals surface area (Å²) in [6.07, 6.45) is 0. The van der Waals surface area contributed by atoms with Crippen molar-refractivity contribution in [2.24, 2.45) is 0 Å². The van der Waals surface area contributed by atoms with Gasteiger partial charge >= 0.3 is 0 Å². The Balaban J connectivity index is 2.14. The zero-order chi connectivity index (χ0) is 12.4. The molecular formula is C11H7BrClF2NO. The minimum atomic E-state index is -0.672. The van der Waals surface area contributed by atoms with Gasteiger partial charge in [0.2, 0.25) is 0 Å². The van der Waals surface area contributed by atoms with E-state index in [9.17, 15) is 8.78 Å². The Kier molecular flexibility index (Phi) is 3.69. The fourth-order valence-corrected chi connectivity index (χ4v) is 1.90. The second kappa shape index (κ2) is 5.06. The Hall–Kier alpha value is -1.07. The van der Waals surface area contributed by atoms with Crippen molar-refractivity contribution in [3.8, 4) is 0 Å². The predicted molar refractivity (Wildman–Crippen MR) is 65.1 cm³/mol. The van der Waals surface area contributed by atoms with E-state index in [0.29, 0.717) is 10.2 Å². The Labute approximate surface area is 110 Å². The van der Waals surface area contributed by atoms with Crippen molar-refractivity contribution in [3.05, 3.63) is 51.4 Å². The van der Waals surface area contributed by atoms with Gasteiger partial charge in [0.1, 0.15) is 23.1 Å². The van der Waals surface area contributed by atoms with Crippen LogP contribution in [0.15, 0.2) is 33.2 Å². The van der Waals surface area contributed by atoms with Crippen LogP contribution < -0.4 is 5.32 Å². The van der Waals surface area contributed by atoms with Crippen LogP contribution in [-0.2, 0) is 6.54 Å². The first-order valence-electron chi connectivity index (χ1n) is 4.69. The van der Waals surface area contributed by atoms with Gasteiger partial charge in [0.25, 0.3) is 0 Å². The van der Waals surface area contributed by atoms with Gasteiger partial charge in [-0.05, 0) is 35.9 Å². The van der Waals surface area contributed by atoms with E-state index in [1.165, 1.54) is 12.1 Å². The zero-order valence-corrected chi connectivity index (χ0v) is 10.8. The largest absolute Gasteiger partial charge is 0.448 e. The SMILES string of the molecule is Fc1cc(Br)cc(F)c1NCc1ccc(Cl)o1. The summed E-state index contributed by atoms with van der Waals surface area (Å²) < 4.78 is 32.3. The average Bonchev–Trinajstić information content (AvgIpc) is 2.62. The highest BCUT2D eigenvalue weighted by atomic mass is 79.9. The van der Waals surface area contributed by atoms with E-state index in [4.69, 9.17) is 16.0 Å². The summed E-state index contributed by atoms with van der Waals surface area (Å²) in [4.78, 5) is 0. The number of rotatable bonds is 3. The van der Waals surface area contributed by atoms with Gasteiger partial charge in [0.15, 0.2) is 5.22 Å². The molecule has 0 unspecified atom stereocenters. The van der Waals surface area contributed by atoms with E-state index in [1.54, 1.807) is 12.1 Å². The molecule has 2 rings (SSSR count). The number of nitrogens with one attached hydrogen (secondary N) is 1. The van der Waals surface area contributed by atoms with E-state index in [-0.39, 0.29) is 17.5 Å². The van der Waals surface area contributed by atoms with E-state index in [0.717, 1.165) is 0 Å². The second-order valence-electron chi connectivity index (χ2n) is 3.30. The molecule has 1 N–H and O–H groups in total. The molecule has 0 saturated heterocycles. The second-order valence-corrected chi connectivity index (χ2v) is 4.59. The zero-order valence-electron chi connectivity index (χ0n) is 8.44. The topological polar surface area (TPSA) is 25.2 Å². The molecule has 0 aliphatic carbocycles. The van der Waals surface area contributed by atoms with Crippen molar-refractivity contribution < 1.29 is 13.2 Å². The molecular weight excluding hydrogens is 315 g/mol. The highest BCUT2D eigenvalue weighted by Crippen LogP contribution is 2.24. The molecule has 2 nitrogen and oxygen atoms in total. The molecule has 1 aromatic carbocycles. The lowest BCUT2D eigenvalue weighted by Gasteiger charge is -2.07. The monoisotopic (exact) mass is 321 g/mol. The minimum Gasteiger partial charge on any atom is -0.448 e. The third kappa shape index (κ3) is 2.98. The lowest BCUT2D eigenvalue weighted by molar-refractivity contribution is 0.517. The van der Waals surface area contributed by atoms with Crippen LogP contribution in [0.1, 0.15) is 5.76 Å². The van der Waals surface area contributed by atoms with Crippen molar-refractivity contribution in [2.75, 3.05) is 5.32 Å². The Morgan fingerprint density at radius 1 is 1.24 bits per heavy atom. The Bertz CT molecular complexity index is 521. The maximum atomic E-state index is 13.4. The molecule has 0 fully saturated rings. The fourth-order valence-electron chi connectivity index (χ4n) is 1.33. The Morgan fingerprint density at radius 3 is 2.41 bits per heavy atom. The first kappa shape index (κ1) is 12.4. The summed E-state index contributed by atoms with van der Waals surface area (Å²) in [5.74, 6) is -0.847. The van der Waals surface area contributed by atoms with Gasteiger partial charge in [-0.2, -0.15) is 0 Å². The van der Waals surface area contributed by atoms with Crippen molar-refractivity contribution in [2.45, 2.75) is 6.54 Å². The molecule has 0 bridgehead atoms. The van der Waals surface area contributed by atoms with Crippen molar-refractivity contribution in [1.82, 2.24) is 0 Å². The number of hydrogen-bond donors (Lipinski definition) is 1. The standard InChI is InChI=1S/C11H7BrClF2NO/c12-6-3-8(14)11(9(15)4-6)16-5-7-1-2-10(13)17-7/h1-4,16H,5H2. The van der Waals surface area contributed by atoms with Crippen molar-refractivity contribution >= 4 is 33.2 Å². The maximum Gasteiger partial charge on any atom is 0.193 e. The van der Waals surface area contributed by atoms with Gasteiger partial charge in [-0.15, -0.1) is 0 Å². The number of halogens is 4. The van der Waals surface area contributed by atoms with Crippen molar-refractivity contribution in [1.29, 1.82) is 0 Å². The van der Waals surface area contributed by atoms with Gasteiger partial charge in [0, 0.05) is 4.47 Å². The molecule has 0 radical (unpaired) electrons. The first-order chi connectivity index (χ1) is 8.06. The summed E-state index contributed by atoms with van der Waals surface area (Å²) >= 11 is 8.58. The summed E-state index contributed by atoms with van der Waals surface area (Å²) in [7, 11) is 0. The van der Waals surface area contributed by atoms with Gasteiger partial charge in [0.05, 0.1) is 6.54 Å². The molecule has 90 valence electrons. The molecule has 17 heavy (non-hydrogen) atoms. The molecule has 0 aliphatic rings. The first-order valence-corrected chi connectivity index (χ1v) is 5.86. The van der Waals surface area contributed by atoms with Crippen LogP contribution in [0, 0.1) is 11.6 Å². The maximum absolute atomic E-state index is 13.4. The smallest absolute Gasteiger partial charge is 0.193 e. The summed E-state index contributed by atoms with van der Waals surface area (Å²) in [6.45, 7) is 0.155. The molecule has 0 aliphatic heterocycles. The lowest BCUT2D eigenvalue weighted by atomic mass is 10.3. The van der Waals surface area contributed by atoms with Crippen LogP contribution in [0.2, 0.25) is 5.22 Å². The number of furan rings is 1. The normalized spacial score (nSPS) is 10.6. The molecule has 2 aromatic rings. The highest BCUT2D eigenvalue weighted by molar-refractivity contribution is 9.10. The van der Waals surface area contributed by atoms with Crippen LogP contribution in [0.4, 0.5) is 14.5 Å². The lowest BCUT2D eigenvalue weighted by Crippen LogP contribution is -2.03. The summed E-state index contributed by atoms with van der Waals surface area (Å²) in [6, 6.07) is 5.55. The molecule has 1 aromatic heterocycles. The molecule has 1 heterocycles. The number of benzene rings is 1. The fraction of sp³-hybridized carbons (Fsp3) is 0.0909. The van der Waals surface area contributed by atoms with Crippen LogP contribution in [-0.4, -0.2) is 0 Å². The summed E-state index contributed by atoms with van der Waals surface area (Å²) in [5.41, 5.74) is -0.194. The van der Waals surface area contributed by atoms with Crippen molar-refractivity contribution in [3.63, 3.8) is 0 Å². The minimum absolute atomic E-state index is 0.155. The van der Waals surface area contributed by atoms with Crippen LogP contribution in [0.5, 0.6) is 0 Å². The molecule has 6 heteroatoms. The Morgan fingerprint density at radius 2 is 1.88 bits per heavy atom. The van der Waals surface area contributed by atoms with Crippen LogP contribution >= 0.6 is 27.5 Å². The van der Waals surface area contributed by atoms with E-state index < -0.39 is 11.6 Å². The van der Waals surface area contributed by atoms with Crippen LogP contribution in [0.3, 0.4) is 0 Å². The molecule has 0 spiro atoms. The molecule has 0 saturated carbocycles. The quantitative estimate of drug-likeness (QED) is 0.894. The van der Waals surface area contributed by atoms with E-state index >= 15 is 0 Å². The van der Waals surface area contributed by atoms with Crippen LogP contribution in [0.25, 0.3) is 0 Å².